The Balaban J connectivity index is 0.00000289. The SMILES string of the molecule is Cc1ccc([C@H](CC(=O)[O-])NC(=O)Nc2c([O-])c(C)cn(C)c2=O)cc1-c1ccccc1.[Na+].[Na+]. The van der Waals surface area contributed by atoms with Gasteiger partial charge in [0.15, 0.2) is 0 Å². The minimum Gasteiger partial charge on any atom is -0.871 e. The number of carboxylic acid groups (broad SMARTS) is 1. The van der Waals surface area contributed by atoms with E-state index in [-0.39, 0.29) is 59.1 Å². The van der Waals surface area contributed by atoms with Crippen LogP contribution < -0.4 is 85.5 Å². The smallest absolute Gasteiger partial charge is 0.871 e. The first kappa shape index (κ1) is 30.0. The van der Waals surface area contributed by atoms with Crippen molar-refractivity contribution in [1.82, 2.24) is 9.88 Å². The van der Waals surface area contributed by atoms with Gasteiger partial charge < -0.3 is 30.2 Å². The van der Waals surface area contributed by atoms with Crippen LogP contribution in [0.3, 0.4) is 0 Å². The largest absolute Gasteiger partial charge is 1.00 e. The molecule has 0 unspecified atom stereocenters. The van der Waals surface area contributed by atoms with Crippen molar-refractivity contribution >= 4 is 17.7 Å². The molecule has 0 fully saturated rings. The Morgan fingerprint density at radius 3 is 2.29 bits per heavy atom. The molecule has 10 heteroatoms. The molecule has 3 aromatic rings. The molecule has 0 saturated heterocycles. The maximum absolute atomic E-state index is 12.6. The topological polar surface area (TPSA) is 126 Å². The molecule has 0 spiro atoms. The summed E-state index contributed by atoms with van der Waals surface area (Å²) in [7, 11) is 1.47. The van der Waals surface area contributed by atoms with Crippen LogP contribution in [0.4, 0.5) is 10.5 Å². The molecule has 0 radical (unpaired) electrons. The quantitative estimate of drug-likeness (QED) is 0.347. The van der Waals surface area contributed by atoms with Gasteiger partial charge in [-0.1, -0.05) is 48.2 Å². The standard InChI is InChI=1S/C24H25N3O5.2Na/c1-14-9-10-17(11-18(14)16-7-5-4-6-8-16)19(12-20(28)29)25-24(32)26-21-22(30)15(2)13-27(3)23(21)31;;/h4-11,13,19,30H,12H2,1-3H3,(H,28,29)(H2,25,26,32);;/q;2*+1/p-2/t19-;;/m0../s1. The molecule has 166 valence electrons. The van der Waals surface area contributed by atoms with Gasteiger partial charge in [-0.2, -0.15) is 0 Å². The number of nitrogens with one attached hydrogen (secondary N) is 2. The second kappa shape index (κ2) is 13.1. The second-order valence-corrected chi connectivity index (χ2v) is 7.60. The molecule has 2 amide bonds. The van der Waals surface area contributed by atoms with Crippen LogP contribution in [-0.2, 0) is 11.8 Å². The summed E-state index contributed by atoms with van der Waals surface area (Å²) in [5.74, 6) is -1.95. The van der Waals surface area contributed by atoms with E-state index in [1.165, 1.54) is 24.7 Å². The van der Waals surface area contributed by atoms with E-state index in [0.717, 1.165) is 16.7 Å². The zero-order chi connectivity index (χ0) is 23.4. The van der Waals surface area contributed by atoms with Gasteiger partial charge in [-0.05, 0) is 47.7 Å². The zero-order valence-corrected chi connectivity index (χ0v) is 24.0. The fourth-order valence-corrected chi connectivity index (χ4v) is 3.50. The van der Waals surface area contributed by atoms with Crippen LogP contribution in [0, 0.1) is 13.8 Å². The maximum atomic E-state index is 12.6. The molecular formula is C24H23N3Na2O5. The Hall–Kier alpha value is -2.07. The Labute approximate surface area is 242 Å². The summed E-state index contributed by atoms with van der Waals surface area (Å²) in [6, 6.07) is 13.1. The van der Waals surface area contributed by atoms with Gasteiger partial charge in [0.25, 0.3) is 5.56 Å². The number of carbonyl (C=O) groups is 2. The number of urea groups is 1. The number of aryl methyl sites for hydroxylation is 3. The molecule has 2 aromatic carbocycles. The molecule has 1 atom stereocenters. The van der Waals surface area contributed by atoms with Crippen LogP contribution in [0.1, 0.15) is 29.2 Å². The third-order valence-electron chi connectivity index (χ3n) is 5.17. The number of carbonyl (C=O) groups excluding carboxylic acids is 2. The summed E-state index contributed by atoms with van der Waals surface area (Å²) in [5.41, 5.74) is 2.61. The fraction of sp³-hybridized carbons (Fsp3) is 0.208. The molecule has 0 aliphatic heterocycles. The Bertz CT molecular complexity index is 1230. The molecule has 3 rings (SSSR count). The number of amides is 2. The second-order valence-electron chi connectivity index (χ2n) is 7.60. The normalized spacial score (nSPS) is 10.9. The van der Waals surface area contributed by atoms with Gasteiger partial charge in [-0.3, -0.25) is 4.79 Å². The van der Waals surface area contributed by atoms with E-state index >= 15 is 0 Å². The van der Waals surface area contributed by atoms with Crippen LogP contribution in [-0.4, -0.2) is 16.6 Å². The minimum absolute atomic E-state index is 0. The van der Waals surface area contributed by atoms with Crippen molar-refractivity contribution in [1.29, 1.82) is 0 Å². The first-order valence-electron chi connectivity index (χ1n) is 9.98. The predicted octanol–water partition coefficient (Wildman–Crippen LogP) is -4.25. The number of benzene rings is 2. The Morgan fingerprint density at radius 1 is 1.03 bits per heavy atom. The monoisotopic (exact) mass is 479 g/mol. The molecule has 0 aliphatic rings. The first-order chi connectivity index (χ1) is 15.2. The number of carboxylic acids is 1. The number of aromatic nitrogens is 1. The third kappa shape index (κ3) is 7.21. The van der Waals surface area contributed by atoms with E-state index in [4.69, 9.17) is 0 Å². The minimum atomic E-state index is -1.35. The third-order valence-corrected chi connectivity index (χ3v) is 5.17. The zero-order valence-electron chi connectivity index (χ0n) is 20.0. The van der Waals surface area contributed by atoms with Gasteiger partial charge in [-0.25, -0.2) is 4.79 Å². The number of nitrogens with zero attached hydrogens (tertiary/aromatic N) is 1. The number of anilines is 1. The number of aliphatic carboxylic acids is 1. The summed E-state index contributed by atoms with van der Waals surface area (Å²) in [6.45, 7) is 3.46. The van der Waals surface area contributed by atoms with Crippen molar-refractivity contribution < 1.29 is 78.9 Å². The van der Waals surface area contributed by atoms with Gasteiger partial charge in [0.2, 0.25) is 0 Å². The van der Waals surface area contributed by atoms with Crippen LogP contribution in [0.25, 0.3) is 11.1 Å². The Kier molecular flexibility index (Phi) is 11.6. The number of pyridine rings is 1. The number of rotatable bonds is 6. The number of hydrogen-bond donors (Lipinski definition) is 2. The molecule has 1 aromatic heterocycles. The maximum Gasteiger partial charge on any atom is 1.00 e. The van der Waals surface area contributed by atoms with Crippen LogP contribution in [0.15, 0.2) is 59.5 Å². The van der Waals surface area contributed by atoms with Crippen molar-refractivity contribution in [2.75, 3.05) is 5.32 Å². The van der Waals surface area contributed by atoms with Crippen LogP contribution in [0.2, 0.25) is 0 Å². The van der Waals surface area contributed by atoms with Crippen molar-refractivity contribution in [3.8, 4) is 16.9 Å². The summed E-state index contributed by atoms with van der Waals surface area (Å²) in [4.78, 5) is 36.2. The van der Waals surface area contributed by atoms with Gasteiger partial charge in [0, 0.05) is 25.6 Å². The average Bonchev–Trinajstić information content (AvgIpc) is 2.75. The van der Waals surface area contributed by atoms with Crippen molar-refractivity contribution in [3.05, 3.63) is 81.8 Å². The molecule has 0 saturated carbocycles. The van der Waals surface area contributed by atoms with E-state index in [1.807, 2.05) is 49.4 Å². The van der Waals surface area contributed by atoms with E-state index < -0.39 is 41.5 Å². The molecule has 1 heterocycles. The van der Waals surface area contributed by atoms with Crippen LogP contribution in [0.5, 0.6) is 5.75 Å². The first-order valence-corrected chi connectivity index (χ1v) is 9.98. The van der Waals surface area contributed by atoms with Gasteiger partial charge in [0.1, 0.15) is 5.69 Å². The van der Waals surface area contributed by atoms with Crippen molar-refractivity contribution in [2.45, 2.75) is 26.3 Å². The van der Waals surface area contributed by atoms with Gasteiger partial charge in [-0.15, -0.1) is 0 Å². The molecule has 0 aliphatic carbocycles. The van der Waals surface area contributed by atoms with E-state index in [0.29, 0.717) is 11.1 Å². The van der Waals surface area contributed by atoms with Crippen LogP contribution >= 0.6 is 0 Å². The summed E-state index contributed by atoms with van der Waals surface area (Å²) >= 11 is 0. The molecule has 0 bridgehead atoms. The molecule has 2 N–H and O–H groups in total. The Morgan fingerprint density at radius 2 is 1.68 bits per heavy atom. The molecule has 8 nitrogen and oxygen atoms in total. The number of hydrogen-bond acceptors (Lipinski definition) is 5. The van der Waals surface area contributed by atoms with Crippen molar-refractivity contribution in [2.24, 2.45) is 7.05 Å². The average molecular weight is 479 g/mol. The van der Waals surface area contributed by atoms with E-state index in [1.54, 1.807) is 6.07 Å². The summed E-state index contributed by atoms with van der Waals surface area (Å²) < 4.78 is 1.19. The molecular weight excluding hydrogens is 456 g/mol. The van der Waals surface area contributed by atoms with Gasteiger partial charge >= 0.3 is 65.1 Å². The molecule has 34 heavy (non-hydrogen) atoms. The van der Waals surface area contributed by atoms with E-state index in [9.17, 15) is 24.6 Å². The van der Waals surface area contributed by atoms with E-state index in [2.05, 4.69) is 10.6 Å². The summed E-state index contributed by atoms with van der Waals surface area (Å²) in [5, 5.41) is 28.5. The van der Waals surface area contributed by atoms with Gasteiger partial charge in [0.05, 0.1) is 6.04 Å². The summed E-state index contributed by atoms with van der Waals surface area (Å²) in [6.07, 6.45) is 0.894. The van der Waals surface area contributed by atoms with Crippen molar-refractivity contribution in [3.63, 3.8) is 0 Å². The predicted molar refractivity (Wildman–Crippen MR) is 117 cm³/mol. The fourth-order valence-electron chi connectivity index (χ4n) is 3.50.